The fourth-order valence-corrected chi connectivity index (χ4v) is 2.51. The lowest BCUT2D eigenvalue weighted by atomic mass is 10.1. The predicted octanol–water partition coefficient (Wildman–Crippen LogP) is 4.41. The first-order chi connectivity index (χ1) is 13.0. The van der Waals surface area contributed by atoms with Crippen molar-refractivity contribution in [1.29, 1.82) is 0 Å². The molecular weight excluding hydrogens is 355 g/mol. The van der Waals surface area contributed by atoms with Gasteiger partial charge in [-0.3, -0.25) is 9.78 Å². The Morgan fingerprint density at radius 3 is 2.37 bits per heavy atom. The Labute approximate surface area is 154 Å². The van der Waals surface area contributed by atoms with Crippen LogP contribution in [0.1, 0.15) is 15.9 Å². The van der Waals surface area contributed by atoms with Gasteiger partial charge < -0.3 is 10.6 Å². The van der Waals surface area contributed by atoms with Crippen molar-refractivity contribution in [3.8, 4) is 0 Å². The van der Waals surface area contributed by atoms with E-state index in [2.05, 4.69) is 15.6 Å². The van der Waals surface area contributed by atoms with Gasteiger partial charge in [0, 0.05) is 18.9 Å². The van der Waals surface area contributed by atoms with Gasteiger partial charge in [0.1, 0.15) is 23.1 Å². The molecule has 0 unspecified atom stereocenters. The number of carbonyl (C=O) groups is 1. The van der Waals surface area contributed by atoms with Crippen molar-refractivity contribution in [3.63, 3.8) is 0 Å². The van der Waals surface area contributed by atoms with Crippen LogP contribution in [0, 0.1) is 17.5 Å². The lowest BCUT2D eigenvalue weighted by Crippen LogP contribution is -2.15. The average molecular weight is 371 g/mol. The molecule has 4 nitrogen and oxygen atoms in total. The zero-order chi connectivity index (χ0) is 19.2. The van der Waals surface area contributed by atoms with Gasteiger partial charge in [-0.05, 0) is 36.2 Å². The quantitative estimate of drug-likeness (QED) is 0.675. The van der Waals surface area contributed by atoms with Crippen molar-refractivity contribution in [3.05, 3.63) is 89.5 Å². The van der Waals surface area contributed by atoms with Gasteiger partial charge in [0.15, 0.2) is 0 Å². The van der Waals surface area contributed by atoms with E-state index in [1.165, 1.54) is 30.6 Å². The van der Waals surface area contributed by atoms with Crippen molar-refractivity contribution < 1.29 is 18.0 Å². The number of amides is 1. The Morgan fingerprint density at radius 2 is 1.63 bits per heavy atom. The van der Waals surface area contributed by atoms with Crippen molar-refractivity contribution in [2.75, 3.05) is 17.2 Å². The van der Waals surface area contributed by atoms with E-state index in [9.17, 15) is 18.0 Å². The Morgan fingerprint density at radius 1 is 0.926 bits per heavy atom. The highest BCUT2D eigenvalue weighted by atomic mass is 19.1. The van der Waals surface area contributed by atoms with Crippen LogP contribution >= 0.6 is 0 Å². The summed E-state index contributed by atoms with van der Waals surface area (Å²) in [5.74, 6) is -2.70. The molecule has 0 radical (unpaired) electrons. The summed E-state index contributed by atoms with van der Waals surface area (Å²) in [6.45, 7) is 0.426. The molecule has 2 aromatic carbocycles. The maximum absolute atomic E-state index is 13.7. The summed E-state index contributed by atoms with van der Waals surface area (Å²) in [7, 11) is 0. The molecule has 3 rings (SSSR count). The molecule has 1 aromatic heterocycles. The second kappa shape index (κ2) is 8.35. The van der Waals surface area contributed by atoms with E-state index < -0.39 is 23.2 Å². The molecule has 1 heterocycles. The second-order valence-corrected chi connectivity index (χ2v) is 5.78. The minimum Gasteiger partial charge on any atom is -0.383 e. The zero-order valence-electron chi connectivity index (χ0n) is 14.2. The summed E-state index contributed by atoms with van der Waals surface area (Å²) < 4.78 is 40.9. The van der Waals surface area contributed by atoms with Gasteiger partial charge in [0.2, 0.25) is 0 Å². The van der Waals surface area contributed by atoms with Crippen LogP contribution in [0.15, 0.2) is 60.9 Å². The minimum absolute atomic E-state index is 0.133. The fourth-order valence-electron chi connectivity index (χ4n) is 2.51. The molecule has 7 heteroatoms. The number of para-hydroxylation sites is 1. The van der Waals surface area contributed by atoms with Crippen molar-refractivity contribution in [2.24, 2.45) is 0 Å². The molecule has 3 aromatic rings. The molecule has 0 bridgehead atoms. The number of hydrogen-bond donors (Lipinski definition) is 2. The van der Waals surface area contributed by atoms with Gasteiger partial charge in [-0.15, -0.1) is 0 Å². The molecule has 27 heavy (non-hydrogen) atoms. The van der Waals surface area contributed by atoms with Gasteiger partial charge in [-0.2, -0.15) is 0 Å². The smallest absolute Gasteiger partial charge is 0.257 e. The molecule has 2 N–H and O–H groups in total. The molecule has 0 aliphatic carbocycles. The van der Waals surface area contributed by atoms with E-state index >= 15 is 0 Å². The van der Waals surface area contributed by atoms with Gasteiger partial charge in [-0.1, -0.05) is 24.3 Å². The molecule has 0 aliphatic heterocycles. The van der Waals surface area contributed by atoms with Crippen LogP contribution in [0.25, 0.3) is 0 Å². The van der Waals surface area contributed by atoms with E-state index in [1.807, 2.05) is 0 Å². The van der Waals surface area contributed by atoms with Crippen molar-refractivity contribution >= 4 is 17.3 Å². The zero-order valence-corrected chi connectivity index (χ0v) is 14.2. The first kappa shape index (κ1) is 18.4. The van der Waals surface area contributed by atoms with Crippen LogP contribution < -0.4 is 10.6 Å². The lowest BCUT2D eigenvalue weighted by molar-refractivity contribution is 0.102. The topological polar surface area (TPSA) is 54.0 Å². The van der Waals surface area contributed by atoms with Gasteiger partial charge in [0.25, 0.3) is 5.91 Å². The number of nitrogens with one attached hydrogen (secondary N) is 2. The molecule has 0 atom stereocenters. The number of anilines is 2. The molecule has 0 fully saturated rings. The van der Waals surface area contributed by atoms with Crippen LogP contribution in [0.5, 0.6) is 0 Å². The molecule has 1 amide bonds. The summed E-state index contributed by atoms with van der Waals surface area (Å²) in [6, 6.07) is 11.3. The number of pyridine rings is 1. The molecule has 0 saturated heterocycles. The van der Waals surface area contributed by atoms with E-state index in [0.717, 1.165) is 12.1 Å². The summed E-state index contributed by atoms with van der Waals surface area (Å²) in [5.41, 5.74) is 0.726. The highest BCUT2D eigenvalue weighted by Crippen LogP contribution is 2.19. The highest BCUT2D eigenvalue weighted by molar-refractivity contribution is 6.04. The van der Waals surface area contributed by atoms with E-state index in [1.54, 1.807) is 18.2 Å². The van der Waals surface area contributed by atoms with Crippen LogP contribution in [-0.2, 0) is 6.42 Å². The standard InChI is InChI=1S/C20H16F3N3O/c21-16-5-2-1-4-13(16)8-9-25-15-10-14(11-24-12-15)20(27)26-19-17(22)6-3-7-18(19)23/h1-7,10-12,25H,8-9H2,(H,26,27). The Balaban J connectivity index is 1.64. The molecular formula is C20H16F3N3O. The summed E-state index contributed by atoms with van der Waals surface area (Å²) >= 11 is 0. The Hall–Kier alpha value is -3.35. The molecule has 138 valence electrons. The lowest BCUT2D eigenvalue weighted by Gasteiger charge is -2.10. The number of nitrogens with zero attached hydrogens (tertiary/aromatic N) is 1. The fraction of sp³-hybridized carbons (Fsp3) is 0.100. The number of carbonyl (C=O) groups excluding carboxylic acids is 1. The number of aromatic nitrogens is 1. The first-order valence-corrected chi connectivity index (χ1v) is 8.22. The van der Waals surface area contributed by atoms with Gasteiger partial charge in [-0.25, -0.2) is 13.2 Å². The van der Waals surface area contributed by atoms with Crippen LogP contribution in [0.2, 0.25) is 0 Å². The SMILES string of the molecule is O=C(Nc1c(F)cccc1F)c1cncc(NCCc2ccccc2F)c1. The third-order valence-electron chi connectivity index (χ3n) is 3.88. The van der Waals surface area contributed by atoms with Gasteiger partial charge >= 0.3 is 0 Å². The Kier molecular flexibility index (Phi) is 5.71. The minimum atomic E-state index is -0.865. The summed E-state index contributed by atoms with van der Waals surface area (Å²) in [4.78, 5) is 16.2. The third kappa shape index (κ3) is 4.63. The Bertz CT molecular complexity index is 942. The second-order valence-electron chi connectivity index (χ2n) is 5.78. The van der Waals surface area contributed by atoms with Crippen LogP contribution in [-0.4, -0.2) is 17.4 Å². The number of benzene rings is 2. The van der Waals surface area contributed by atoms with E-state index in [-0.39, 0.29) is 11.4 Å². The van der Waals surface area contributed by atoms with E-state index in [0.29, 0.717) is 24.2 Å². The molecule has 0 spiro atoms. The number of halogens is 3. The van der Waals surface area contributed by atoms with E-state index in [4.69, 9.17) is 0 Å². The third-order valence-corrected chi connectivity index (χ3v) is 3.88. The monoisotopic (exact) mass is 371 g/mol. The first-order valence-electron chi connectivity index (χ1n) is 8.22. The highest BCUT2D eigenvalue weighted by Gasteiger charge is 2.14. The molecule has 0 saturated carbocycles. The average Bonchev–Trinajstić information content (AvgIpc) is 2.66. The normalized spacial score (nSPS) is 10.5. The summed E-state index contributed by atoms with van der Waals surface area (Å²) in [6.07, 6.45) is 3.24. The maximum Gasteiger partial charge on any atom is 0.257 e. The van der Waals surface area contributed by atoms with Crippen LogP contribution in [0.4, 0.5) is 24.5 Å². The van der Waals surface area contributed by atoms with Gasteiger partial charge in [0.05, 0.1) is 11.3 Å². The summed E-state index contributed by atoms with van der Waals surface area (Å²) in [5, 5.41) is 5.25. The maximum atomic E-state index is 13.7. The largest absolute Gasteiger partial charge is 0.383 e. The van der Waals surface area contributed by atoms with Crippen molar-refractivity contribution in [1.82, 2.24) is 4.98 Å². The predicted molar refractivity (Wildman–Crippen MR) is 97.1 cm³/mol. The molecule has 0 aliphatic rings. The van der Waals surface area contributed by atoms with Crippen LogP contribution in [0.3, 0.4) is 0 Å². The number of rotatable bonds is 6. The van der Waals surface area contributed by atoms with Crippen molar-refractivity contribution in [2.45, 2.75) is 6.42 Å². The number of hydrogen-bond acceptors (Lipinski definition) is 3.